The highest BCUT2D eigenvalue weighted by Gasteiger charge is 2.24. The molecule has 0 rings (SSSR count). The molecule has 3 unspecified atom stereocenters. The number of carbonyl (C=O) groups excluding carboxylic acids is 2. The van der Waals surface area contributed by atoms with Crippen LogP contribution in [-0.4, -0.2) is 46.9 Å². The van der Waals surface area contributed by atoms with Crippen molar-refractivity contribution in [2.75, 3.05) is 6.61 Å². The minimum Gasteiger partial charge on any atom is -0.462 e. The Labute approximate surface area is 374 Å². The predicted molar refractivity (Wildman–Crippen MR) is 260 cm³/mol. The fourth-order valence-electron chi connectivity index (χ4n) is 8.49. The topological polar surface area (TPSA) is 95.9 Å². The number of rotatable bonds is 49. The molecule has 0 saturated carbocycles. The molecule has 0 aromatic carbocycles. The maximum Gasteiger partial charge on any atom is 0.306 e. The first-order valence-corrected chi connectivity index (χ1v) is 26.9. The average Bonchev–Trinajstić information content (AvgIpc) is 3.24. The van der Waals surface area contributed by atoms with E-state index in [1.165, 1.54) is 186 Å². The first-order chi connectivity index (χ1) is 29.5. The summed E-state index contributed by atoms with van der Waals surface area (Å²) in [5, 5.41) is 23.7. The van der Waals surface area contributed by atoms with E-state index in [0.29, 0.717) is 19.3 Å². The number of esters is 1. The van der Waals surface area contributed by atoms with Crippen molar-refractivity contribution in [3.05, 3.63) is 12.2 Å². The molecule has 3 N–H and O–H groups in total. The first-order valence-electron chi connectivity index (χ1n) is 26.9. The van der Waals surface area contributed by atoms with Crippen LogP contribution in [-0.2, 0) is 14.3 Å². The van der Waals surface area contributed by atoms with E-state index in [0.717, 1.165) is 64.2 Å². The van der Waals surface area contributed by atoms with Crippen LogP contribution in [0.5, 0.6) is 0 Å². The molecule has 0 aromatic rings. The molecule has 0 aliphatic rings. The molecule has 0 heterocycles. The van der Waals surface area contributed by atoms with E-state index < -0.39 is 18.2 Å². The Morgan fingerprint density at radius 2 is 0.833 bits per heavy atom. The van der Waals surface area contributed by atoms with E-state index in [9.17, 15) is 19.8 Å². The Morgan fingerprint density at radius 3 is 1.25 bits per heavy atom. The molecule has 0 spiro atoms. The molecule has 0 aliphatic heterocycles. The zero-order valence-corrected chi connectivity index (χ0v) is 40.6. The minimum absolute atomic E-state index is 0.0729. The summed E-state index contributed by atoms with van der Waals surface area (Å²) in [5.74, 6) is -0.475. The maximum absolute atomic E-state index is 13.2. The molecule has 3 atom stereocenters. The molecular weight excluding hydrogens is 743 g/mol. The second-order valence-electron chi connectivity index (χ2n) is 18.6. The quantitative estimate of drug-likeness (QED) is 0.0322. The number of carbonyl (C=O) groups is 2. The Hall–Kier alpha value is -1.40. The van der Waals surface area contributed by atoms with Gasteiger partial charge in [-0.25, -0.2) is 0 Å². The van der Waals surface area contributed by atoms with Gasteiger partial charge < -0.3 is 20.3 Å². The number of allylic oxidation sites excluding steroid dienone is 2. The van der Waals surface area contributed by atoms with Crippen molar-refractivity contribution in [1.29, 1.82) is 0 Å². The largest absolute Gasteiger partial charge is 0.462 e. The third-order valence-corrected chi connectivity index (χ3v) is 12.6. The third kappa shape index (κ3) is 43.3. The van der Waals surface area contributed by atoms with Crippen molar-refractivity contribution in [1.82, 2.24) is 5.32 Å². The van der Waals surface area contributed by atoms with Crippen LogP contribution >= 0.6 is 0 Å². The normalized spacial score (nSPS) is 13.2. The van der Waals surface area contributed by atoms with Gasteiger partial charge in [0.15, 0.2) is 0 Å². The molecule has 356 valence electrons. The van der Waals surface area contributed by atoms with E-state index in [-0.39, 0.29) is 24.9 Å². The molecule has 0 aliphatic carbocycles. The lowest BCUT2D eigenvalue weighted by Crippen LogP contribution is -2.46. The van der Waals surface area contributed by atoms with Crippen molar-refractivity contribution in [3.63, 3.8) is 0 Å². The lowest BCUT2D eigenvalue weighted by atomic mass is 10.0. The van der Waals surface area contributed by atoms with Crippen LogP contribution in [0.1, 0.15) is 297 Å². The van der Waals surface area contributed by atoms with Gasteiger partial charge in [-0.2, -0.15) is 0 Å². The summed E-state index contributed by atoms with van der Waals surface area (Å²) in [7, 11) is 0. The van der Waals surface area contributed by atoms with E-state index in [2.05, 4.69) is 38.2 Å². The Kier molecular flexibility index (Phi) is 47.5. The highest BCUT2D eigenvalue weighted by Crippen LogP contribution is 2.18. The van der Waals surface area contributed by atoms with Gasteiger partial charge in [0.1, 0.15) is 6.10 Å². The maximum atomic E-state index is 13.2. The summed E-state index contributed by atoms with van der Waals surface area (Å²) in [6, 6.07) is -0.699. The fourth-order valence-corrected chi connectivity index (χ4v) is 8.49. The van der Waals surface area contributed by atoms with Crippen molar-refractivity contribution >= 4 is 11.9 Å². The second kappa shape index (κ2) is 48.6. The number of aliphatic hydroxyl groups is 2. The van der Waals surface area contributed by atoms with E-state index in [1.807, 2.05) is 0 Å². The molecule has 0 saturated heterocycles. The predicted octanol–water partition coefficient (Wildman–Crippen LogP) is 16.1. The third-order valence-electron chi connectivity index (χ3n) is 12.6. The molecule has 0 radical (unpaired) electrons. The van der Waals surface area contributed by atoms with Gasteiger partial charge in [-0.15, -0.1) is 0 Å². The number of hydrogen-bond acceptors (Lipinski definition) is 5. The van der Waals surface area contributed by atoms with Crippen LogP contribution in [0.2, 0.25) is 0 Å². The van der Waals surface area contributed by atoms with E-state index in [4.69, 9.17) is 4.74 Å². The van der Waals surface area contributed by atoms with Gasteiger partial charge in [-0.1, -0.05) is 251 Å². The molecule has 6 nitrogen and oxygen atoms in total. The fraction of sp³-hybridized carbons (Fsp3) is 0.926. The SMILES string of the molecule is CCC/C=C\CCCCCC(CC(=O)NC(CO)C(O)CCCCCCCCCCCCCCCCC)OC(=O)CCCCCCCCCCCCCCCCCCCC. The van der Waals surface area contributed by atoms with Crippen LogP contribution in [0.25, 0.3) is 0 Å². The monoisotopic (exact) mass is 848 g/mol. The zero-order chi connectivity index (χ0) is 43.8. The second-order valence-corrected chi connectivity index (χ2v) is 18.6. The van der Waals surface area contributed by atoms with E-state index in [1.54, 1.807) is 0 Å². The van der Waals surface area contributed by atoms with Gasteiger partial charge in [0, 0.05) is 6.42 Å². The number of ether oxygens (including phenoxy) is 1. The zero-order valence-electron chi connectivity index (χ0n) is 40.6. The first kappa shape index (κ1) is 58.6. The molecule has 0 bridgehead atoms. The van der Waals surface area contributed by atoms with Crippen molar-refractivity contribution in [3.8, 4) is 0 Å². The highest BCUT2D eigenvalue weighted by molar-refractivity contribution is 5.77. The van der Waals surface area contributed by atoms with Gasteiger partial charge in [-0.3, -0.25) is 9.59 Å². The van der Waals surface area contributed by atoms with Gasteiger partial charge in [0.2, 0.25) is 5.91 Å². The number of hydrogen-bond donors (Lipinski definition) is 3. The number of amides is 1. The Balaban J connectivity index is 4.32. The number of aliphatic hydroxyl groups excluding tert-OH is 2. The van der Waals surface area contributed by atoms with Gasteiger partial charge in [0.25, 0.3) is 0 Å². The highest BCUT2D eigenvalue weighted by atomic mass is 16.5. The standard InChI is InChI=1S/C54H105NO5/c1-4-7-10-13-16-19-21-23-25-26-27-29-31-33-35-38-41-44-47-54(59)60-50(45-42-39-36-18-15-12-9-6-3)48-53(58)55-51(49-56)52(57)46-43-40-37-34-32-30-28-24-22-20-17-14-11-8-5-2/h12,15,50-52,56-57H,4-11,13-14,16-49H2,1-3H3,(H,55,58)/b15-12-. The lowest BCUT2D eigenvalue weighted by Gasteiger charge is -2.24. The molecule has 0 aromatic heterocycles. The smallest absolute Gasteiger partial charge is 0.306 e. The summed E-state index contributed by atoms with van der Waals surface area (Å²) < 4.78 is 5.91. The summed E-state index contributed by atoms with van der Waals surface area (Å²) in [6.07, 6.45) is 54.3. The van der Waals surface area contributed by atoms with Crippen LogP contribution in [0.3, 0.4) is 0 Å². The molecule has 6 heteroatoms. The minimum atomic E-state index is -0.785. The molecule has 1 amide bonds. The molecular formula is C54H105NO5. The van der Waals surface area contributed by atoms with Crippen LogP contribution in [0.15, 0.2) is 12.2 Å². The van der Waals surface area contributed by atoms with Crippen LogP contribution < -0.4 is 5.32 Å². The van der Waals surface area contributed by atoms with Gasteiger partial charge in [0.05, 0.1) is 25.2 Å². The Bertz CT molecular complexity index is 909. The van der Waals surface area contributed by atoms with Crippen molar-refractivity contribution in [2.24, 2.45) is 0 Å². The summed E-state index contributed by atoms with van der Waals surface area (Å²) in [6.45, 7) is 6.44. The summed E-state index contributed by atoms with van der Waals surface area (Å²) >= 11 is 0. The van der Waals surface area contributed by atoms with Crippen LogP contribution in [0.4, 0.5) is 0 Å². The average molecular weight is 848 g/mol. The van der Waals surface area contributed by atoms with Crippen LogP contribution in [0, 0.1) is 0 Å². The van der Waals surface area contributed by atoms with Gasteiger partial charge >= 0.3 is 5.97 Å². The van der Waals surface area contributed by atoms with E-state index >= 15 is 0 Å². The Morgan fingerprint density at radius 1 is 0.467 bits per heavy atom. The van der Waals surface area contributed by atoms with Gasteiger partial charge in [-0.05, 0) is 44.9 Å². The molecule has 60 heavy (non-hydrogen) atoms. The molecule has 0 fully saturated rings. The summed E-state index contributed by atoms with van der Waals surface area (Å²) in [5.41, 5.74) is 0. The number of nitrogens with one attached hydrogen (secondary N) is 1. The number of unbranched alkanes of at least 4 members (excludes halogenated alkanes) is 35. The lowest BCUT2D eigenvalue weighted by molar-refractivity contribution is -0.151. The van der Waals surface area contributed by atoms with Crippen molar-refractivity contribution in [2.45, 2.75) is 315 Å². The van der Waals surface area contributed by atoms with Crippen molar-refractivity contribution < 1.29 is 24.5 Å². The summed E-state index contributed by atoms with van der Waals surface area (Å²) in [4.78, 5) is 26.1.